The van der Waals surface area contributed by atoms with E-state index in [4.69, 9.17) is 4.74 Å². The molecule has 0 aliphatic carbocycles. The van der Waals surface area contributed by atoms with Crippen molar-refractivity contribution in [2.45, 2.75) is 45.3 Å². The number of rotatable bonds is 0. The molecule has 1 rings (SSSR count). The van der Waals surface area contributed by atoms with Crippen LogP contribution in [0.4, 0.5) is 4.79 Å². The molecule has 1 saturated heterocycles. The van der Waals surface area contributed by atoms with Gasteiger partial charge in [0.2, 0.25) is 0 Å². The smallest absolute Gasteiger partial charge is 0.410 e. The Balaban J connectivity index is 0.00000106. The van der Waals surface area contributed by atoms with Gasteiger partial charge in [-0.3, -0.25) is 0 Å². The van der Waals surface area contributed by atoms with E-state index in [0.29, 0.717) is 25.9 Å². The first-order chi connectivity index (χ1) is 7.38. The molecule has 96 valence electrons. The van der Waals surface area contributed by atoms with Crippen LogP contribution < -0.4 is 5.73 Å². The number of aliphatic hydroxyl groups excluding tert-OH is 1. The van der Waals surface area contributed by atoms with Gasteiger partial charge in [0.15, 0.2) is 0 Å². The molecule has 16 heavy (non-hydrogen) atoms. The van der Waals surface area contributed by atoms with E-state index >= 15 is 0 Å². The minimum atomic E-state index is -0.437. The standard InChI is InChI=1S/C10H19NO3.CH5N/c1-10(2,3)14-9(13)11-6-4-8(12)5-7-11;1-2/h8,12H,4-7H2,1-3H3;2H2,1H3. The Morgan fingerprint density at radius 3 is 2.12 bits per heavy atom. The number of nitrogens with zero attached hydrogens (tertiary/aromatic N) is 1. The van der Waals surface area contributed by atoms with E-state index in [2.05, 4.69) is 5.73 Å². The molecule has 0 bridgehead atoms. The highest BCUT2D eigenvalue weighted by molar-refractivity contribution is 5.68. The molecule has 0 aromatic heterocycles. The third kappa shape index (κ3) is 5.92. The summed E-state index contributed by atoms with van der Waals surface area (Å²) in [6, 6.07) is 0. The fraction of sp³-hybridized carbons (Fsp3) is 0.909. The molecule has 0 spiro atoms. The molecule has 0 saturated carbocycles. The van der Waals surface area contributed by atoms with Crippen LogP contribution in [-0.4, -0.2) is 47.9 Å². The van der Waals surface area contributed by atoms with Crippen LogP contribution in [0.3, 0.4) is 0 Å². The molecule has 1 heterocycles. The van der Waals surface area contributed by atoms with Crippen molar-refractivity contribution in [3.05, 3.63) is 0 Å². The van der Waals surface area contributed by atoms with Gasteiger partial charge in [0, 0.05) is 13.1 Å². The summed E-state index contributed by atoms with van der Waals surface area (Å²) in [5.41, 5.74) is 4.06. The summed E-state index contributed by atoms with van der Waals surface area (Å²) in [4.78, 5) is 13.2. The molecular formula is C11H24N2O3. The van der Waals surface area contributed by atoms with E-state index in [1.807, 2.05) is 20.8 Å². The summed E-state index contributed by atoms with van der Waals surface area (Å²) in [6.07, 6.45) is 0.775. The number of ether oxygens (including phenoxy) is 1. The quantitative estimate of drug-likeness (QED) is 0.652. The molecular weight excluding hydrogens is 208 g/mol. The van der Waals surface area contributed by atoms with Crippen molar-refractivity contribution >= 4 is 6.09 Å². The first-order valence-electron chi connectivity index (χ1n) is 5.62. The van der Waals surface area contributed by atoms with Crippen molar-refractivity contribution in [3.63, 3.8) is 0 Å². The van der Waals surface area contributed by atoms with Crippen LogP contribution in [0.5, 0.6) is 0 Å². The fourth-order valence-corrected chi connectivity index (χ4v) is 1.37. The van der Waals surface area contributed by atoms with Gasteiger partial charge in [-0.15, -0.1) is 0 Å². The largest absolute Gasteiger partial charge is 0.444 e. The highest BCUT2D eigenvalue weighted by Gasteiger charge is 2.25. The molecule has 3 N–H and O–H groups in total. The van der Waals surface area contributed by atoms with Crippen LogP contribution in [0.1, 0.15) is 33.6 Å². The molecule has 0 radical (unpaired) electrons. The molecule has 1 aliphatic heterocycles. The van der Waals surface area contributed by atoms with E-state index < -0.39 is 5.60 Å². The molecule has 0 aromatic rings. The zero-order chi connectivity index (χ0) is 12.8. The predicted octanol–water partition coefficient (Wildman–Crippen LogP) is 0.953. The first-order valence-corrected chi connectivity index (χ1v) is 5.62. The Kier molecular flexibility index (Phi) is 6.36. The topological polar surface area (TPSA) is 75.8 Å². The normalized spacial score (nSPS) is 17.5. The molecule has 0 atom stereocenters. The molecule has 1 aliphatic rings. The lowest BCUT2D eigenvalue weighted by Gasteiger charge is -2.31. The number of carbonyl (C=O) groups excluding carboxylic acids is 1. The van der Waals surface area contributed by atoms with Gasteiger partial charge < -0.3 is 20.5 Å². The molecule has 0 aromatic carbocycles. The number of amides is 1. The molecule has 1 amide bonds. The minimum absolute atomic E-state index is 0.256. The Bertz CT molecular complexity index is 206. The van der Waals surface area contributed by atoms with E-state index in [1.54, 1.807) is 4.90 Å². The fourth-order valence-electron chi connectivity index (χ4n) is 1.37. The lowest BCUT2D eigenvalue weighted by Crippen LogP contribution is -2.42. The van der Waals surface area contributed by atoms with Crippen molar-refractivity contribution in [1.82, 2.24) is 4.90 Å². The first kappa shape index (κ1) is 15.2. The number of carbonyl (C=O) groups is 1. The monoisotopic (exact) mass is 232 g/mol. The van der Waals surface area contributed by atoms with E-state index in [9.17, 15) is 9.90 Å². The van der Waals surface area contributed by atoms with Crippen LogP contribution in [0, 0.1) is 0 Å². The average Bonchev–Trinajstić information content (AvgIpc) is 2.19. The molecule has 0 unspecified atom stereocenters. The summed E-state index contributed by atoms with van der Waals surface area (Å²) < 4.78 is 5.22. The van der Waals surface area contributed by atoms with Gasteiger partial charge in [-0.1, -0.05) is 0 Å². The molecule has 1 fully saturated rings. The second-order valence-corrected chi connectivity index (χ2v) is 4.70. The maximum atomic E-state index is 11.5. The summed E-state index contributed by atoms with van der Waals surface area (Å²) >= 11 is 0. The Labute approximate surface area is 97.6 Å². The van der Waals surface area contributed by atoms with Gasteiger partial charge in [-0.05, 0) is 40.7 Å². The second-order valence-electron chi connectivity index (χ2n) is 4.70. The van der Waals surface area contributed by atoms with Crippen molar-refractivity contribution in [3.8, 4) is 0 Å². The predicted molar refractivity (Wildman–Crippen MR) is 63.2 cm³/mol. The highest BCUT2D eigenvalue weighted by Crippen LogP contribution is 2.14. The van der Waals surface area contributed by atoms with Gasteiger partial charge >= 0.3 is 6.09 Å². The Hall–Kier alpha value is -0.810. The summed E-state index contributed by atoms with van der Waals surface area (Å²) in [7, 11) is 1.50. The minimum Gasteiger partial charge on any atom is -0.444 e. The van der Waals surface area contributed by atoms with Crippen LogP contribution in [0.2, 0.25) is 0 Å². The Morgan fingerprint density at radius 1 is 1.31 bits per heavy atom. The molecule has 5 heteroatoms. The number of hydrogen-bond acceptors (Lipinski definition) is 4. The molecule has 5 nitrogen and oxygen atoms in total. The van der Waals surface area contributed by atoms with Gasteiger partial charge in [-0.25, -0.2) is 4.79 Å². The summed E-state index contributed by atoms with van der Waals surface area (Å²) in [5.74, 6) is 0. The van der Waals surface area contributed by atoms with Crippen LogP contribution in [0.15, 0.2) is 0 Å². The number of hydrogen-bond donors (Lipinski definition) is 2. The van der Waals surface area contributed by atoms with Crippen molar-refractivity contribution in [1.29, 1.82) is 0 Å². The lowest BCUT2D eigenvalue weighted by atomic mass is 10.1. The summed E-state index contributed by atoms with van der Waals surface area (Å²) in [5, 5.41) is 9.26. The zero-order valence-corrected chi connectivity index (χ0v) is 10.7. The van der Waals surface area contributed by atoms with E-state index in [-0.39, 0.29) is 12.2 Å². The number of nitrogens with two attached hydrogens (primary N) is 1. The third-order valence-corrected chi connectivity index (χ3v) is 2.12. The van der Waals surface area contributed by atoms with Crippen LogP contribution >= 0.6 is 0 Å². The van der Waals surface area contributed by atoms with E-state index in [0.717, 1.165) is 0 Å². The van der Waals surface area contributed by atoms with Crippen LogP contribution in [-0.2, 0) is 4.74 Å². The number of aliphatic hydroxyl groups is 1. The average molecular weight is 232 g/mol. The lowest BCUT2D eigenvalue weighted by molar-refractivity contribution is 0.0101. The SMILES string of the molecule is CC(C)(C)OC(=O)N1CCC(O)CC1.CN. The van der Waals surface area contributed by atoms with Gasteiger partial charge in [-0.2, -0.15) is 0 Å². The van der Waals surface area contributed by atoms with Crippen molar-refractivity contribution in [2.75, 3.05) is 20.1 Å². The van der Waals surface area contributed by atoms with Crippen LogP contribution in [0.25, 0.3) is 0 Å². The Morgan fingerprint density at radius 2 is 1.75 bits per heavy atom. The number of likely N-dealkylation sites (tertiary alicyclic amines) is 1. The van der Waals surface area contributed by atoms with Crippen molar-refractivity contribution < 1.29 is 14.6 Å². The number of piperidine rings is 1. The summed E-state index contributed by atoms with van der Waals surface area (Å²) in [6.45, 7) is 6.74. The third-order valence-electron chi connectivity index (χ3n) is 2.12. The van der Waals surface area contributed by atoms with E-state index in [1.165, 1.54) is 7.05 Å². The maximum absolute atomic E-state index is 11.5. The van der Waals surface area contributed by atoms with Gasteiger partial charge in [0.25, 0.3) is 0 Å². The maximum Gasteiger partial charge on any atom is 0.410 e. The van der Waals surface area contributed by atoms with Crippen molar-refractivity contribution in [2.24, 2.45) is 5.73 Å². The van der Waals surface area contributed by atoms with Gasteiger partial charge in [0.1, 0.15) is 5.60 Å². The van der Waals surface area contributed by atoms with Gasteiger partial charge in [0.05, 0.1) is 6.10 Å². The second kappa shape index (κ2) is 6.70. The zero-order valence-electron chi connectivity index (χ0n) is 10.7. The highest BCUT2D eigenvalue weighted by atomic mass is 16.6.